The van der Waals surface area contributed by atoms with Gasteiger partial charge in [-0.1, -0.05) is 18.2 Å². The number of nitrogens with two attached hydrogens (primary N) is 2. The van der Waals surface area contributed by atoms with Gasteiger partial charge < -0.3 is 11.1 Å². The Hall–Kier alpha value is -3.12. The first kappa shape index (κ1) is 18.7. The van der Waals surface area contributed by atoms with E-state index >= 15 is 0 Å². The normalized spacial score (nSPS) is 16.9. The zero-order valence-electron chi connectivity index (χ0n) is 13.6. The Bertz CT molecular complexity index is 1060. The van der Waals surface area contributed by atoms with Gasteiger partial charge in [-0.3, -0.25) is 4.79 Å². The van der Waals surface area contributed by atoms with Crippen LogP contribution >= 0.6 is 0 Å². The molecule has 5 N–H and O–H groups in total. The van der Waals surface area contributed by atoms with E-state index in [1.54, 1.807) is 6.08 Å². The number of halogens is 2. The van der Waals surface area contributed by atoms with E-state index in [9.17, 15) is 22.0 Å². The zero-order valence-corrected chi connectivity index (χ0v) is 14.5. The minimum atomic E-state index is -3.71. The molecule has 12 heteroatoms. The molecule has 0 bridgehead atoms. The fourth-order valence-electron chi connectivity index (χ4n) is 2.40. The molecule has 1 unspecified atom stereocenters. The second-order valence-corrected chi connectivity index (χ2v) is 7.40. The van der Waals surface area contributed by atoms with Crippen molar-refractivity contribution in [2.75, 3.05) is 11.1 Å². The molecule has 0 spiro atoms. The molecule has 1 heterocycles. The van der Waals surface area contributed by atoms with Gasteiger partial charge in [-0.2, -0.15) is 9.67 Å². The van der Waals surface area contributed by atoms with Gasteiger partial charge in [-0.05, 0) is 24.6 Å². The van der Waals surface area contributed by atoms with Crippen LogP contribution in [0.3, 0.4) is 0 Å². The van der Waals surface area contributed by atoms with Crippen LogP contribution in [0.2, 0.25) is 0 Å². The minimum Gasteiger partial charge on any atom is -0.368 e. The minimum absolute atomic E-state index is 0.109. The maximum Gasteiger partial charge on any atom is 0.287 e. The predicted octanol–water partition coefficient (Wildman–Crippen LogP) is 0.740. The first-order valence-electron chi connectivity index (χ1n) is 7.55. The summed E-state index contributed by atoms with van der Waals surface area (Å²) >= 11 is 0. The van der Waals surface area contributed by atoms with Crippen LogP contribution in [0.5, 0.6) is 0 Å². The number of hydrogen-bond acceptors (Lipinski definition) is 7. The second kappa shape index (κ2) is 6.89. The molecule has 2 aromatic rings. The summed E-state index contributed by atoms with van der Waals surface area (Å²) in [5.41, 5.74) is 5.24. The molecule has 1 aromatic carbocycles. The first-order valence-corrected chi connectivity index (χ1v) is 9.16. The first-order chi connectivity index (χ1) is 12.7. The number of allylic oxidation sites excluding steroid dienone is 2. The lowest BCUT2D eigenvalue weighted by molar-refractivity contribution is 0.0939. The highest BCUT2D eigenvalue weighted by atomic mass is 32.2. The number of aromatic nitrogens is 3. The lowest BCUT2D eigenvalue weighted by atomic mass is 10.1. The number of rotatable bonds is 4. The topological polar surface area (TPSA) is 146 Å². The van der Waals surface area contributed by atoms with Crippen LogP contribution in [-0.4, -0.2) is 34.3 Å². The van der Waals surface area contributed by atoms with Gasteiger partial charge in [0.05, 0.1) is 5.25 Å². The fourth-order valence-corrected chi connectivity index (χ4v) is 3.06. The smallest absolute Gasteiger partial charge is 0.287 e. The SMILES string of the molecule is Nc1nc(NC2=CCC(S(N)(=O)=O)C=C2)nn1C(=O)c1c(F)cccc1F. The van der Waals surface area contributed by atoms with E-state index in [4.69, 9.17) is 10.9 Å². The number of nitrogen functional groups attached to an aromatic ring is 1. The van der Waals surface area contributed by atoms with Crippen LogP contribution < -0.4 is 16.2 Å². The summed E-state index contributed by atoms with van der Waals surface area (Å²) in [4.78, 5) is 16.1. The molecule has 27 heavy (non-hydrogen) atoms. The van der Waals surface area contributed by atoms with Crippen LogP contribution in [0, 0.1) is 11.6 Å². The zero-order chi connectivity index (χ0) is 19.8. The van der Waals surface area contributed by atoms with Gasteiger partial charge in [0.15, 0.2) is 0 Å². The summed E-state index contributed by atoms with van der Waals surface area (Å²) in [6.45, 7) is 0. The molecular formula is C15H14F2N6O3S. The number of hydrogen-bond donors (Lipinski definition) is 3. The standard InChI is InChI=1S/C15H14F2N6O3S/c16-10-2-1-3-11(17)12(10)13(24)23-14(18)21-15(22-23)20-8-4-6-9(7-5-8)27(19,25)26/h1-6,9H,7H2,(H2,19,25,26)(H3,18,20,21,22). The molecular weight excluding hydrogens is 382 g/mol. The van der Waals surface area contributed by atoms with Crippen molar-refractivity contribution in [3.8, 4) is 0 Å². The molecule has 0 aliphatic heterocycles. The molecule has 0 saturated carbocycles. The number of carbonyl (C=O) groups excluding carboxylic acids is 1. The highest BCUT2D eigenvalue weighted by Crippen LogP contribution is 2.19. The van der Waals surface area contributed by atoms with Crippen LogP contribution in [0.4, 0.5) is 20.7 Å². The van der Waals surface area contributed by atoms with Gasteiger partial charge in [-0.15, -0.1) is 5.10 Å². The number of benzene rings is 1. The fraction of sp³-hybridized carbons (Fsp3) is 0.133. The largest absolute Gasteiger partial charge is 0.368 e. The Kier molecular flexibility index (Phi) is 4.76. The van der Waals surface area contributed by atoms with Gasteiger partial charge in [-0.25, -0.2) is 22.3 Å². The van der Waals surface area contributed by atoms with Gasteiger partial charge in [0, 0.05) is 5.70 Å². The van der Waals surface area contributed by atoms with E-state index in [1.165, 1.54) is 12.2 Å². The Morgan fingerprint density at radius 3 is 2.52 bits per heavy atom. The number of anilines is 2. The third-order valence-corrected chi connectivity index (χ3v) is 4.93. The Morgan fingerprint density at radius 1 is 1.30 bits per heavy atom. The van der Waals surface area contributed by atoms with E-state index in [1.807, 2.05) is 0 Å². The quantitative estimate of drug-likeness (QED) is 0.691. The molecule has 142 valence electrons. The van der Waals surface area contributed by atoms with Crippen LogP contribution in [-0.2, 0) is 10.0 Å². The highest BCUT2D eigenvalue weighted by molar-refractivity contribution is 7.89. The van der Waals surface area contributed by atoms with Crippen molar-refractivity contribution in [1.29, 1.82) is 0 Å². The van der Waals surface area contributed by atoms with E-state index in [0.717, 1.165) is 18.2 Å². The van der Waals surface area contributed by atoms with E-state index in [-0.39, 0.29) is 18.3 Å². The third-order valence-electron chi connectivity index (χ3n) is 3.74. The summed E-state index contributed by atoms with van der Waals surface area (Å²) < 4.78 is 50.7. The number of carbonyl (C=O) groups is 1. The third kappa shape index (κ3) is 3.85. The summed E-state index contributed by atoms with van der Waals surface area (Å²) in [7, 11) is -3.71. The van der Waals surface area contributed by atoms with Crippen molar-refractivity contribution in [3.63, 3.8) is 0 Å². The maximum atomic E-state index is 13.8. The summed E-state index contributed by atoms with van der Waals surface area (Å²) in [5.74, 6) is -3.73. The lowest BCUT2D eigenvalue weighted by Crippen LogP contribution is -2.27. The molecule has 9 nitrogen and oxygen atoms in total. The number of nitrogens with one attached hydrogen (secondary N) is 1. The maximum absolute atomic E-state index is 13.8. The van der Waals surface area contributed by atoms with Crippen molar-refractivity contribution < 1.29 is 22.0 Å². The van der Waals surface area contributed by atoms with Crippen LogP contribution in [0.25, 0.3) is 0 Å². The number of sulfonamides is 1. The molecule has 1 aliphatic rings. The average Bonchev–Trinajstić information content (AvgIpc) is 2.94. The summed E-state index contributed by atoms with van der Waals surface area (Å²) in [5, 5.41) is 10.8. The number of primary sulfonamides is 1. The molecule has 1 aliphatic carbocycles. The molecule has 3 rings (SSSR count). The van der Waals surface area contributed by atoms with Crippen molar-refractivity contribution in [2.24, 2.45) is 5.14 Å². The van der Waals surface area contributed by atoms with Crippen molar-refractivity contribution in [1.82, 2.24) is 14.8 Å². The van der Waals surface area contributed by atoms with Crippen molar-refractivity contribution in [2.45, 2.75) is 11.7 Å². The summed E-state index contributed by atoms with van der Waals surface area (Å²) in [6.07, 6.45) is 4.52. The molecule has 1 atom stereocenters. The van der Waals surface area contributed by atoms with E-state index < -0.39 is 38.4 Å². The molecule has 0 radical (unpaired) electrons. The average molecular weight is 396 g/mol. The molecule has 0 fully saturated rings. The highest BCUT2D eigenvalue weighted by Gasteiger charge is 2.24. The number of nitrogens with zero attached hydrogens (tertiary/aromatic N) is 3. The Morgan fingerprint density at radius 2 is 1.96 bits per heavy atom. The predicted molar refractivity (Wildman–Crippen MR) is 92.9 cm³/mol. The van der Waals surface area contributed by atoms with Crippen molar-refractivity contribution >= 4 is 27.8 Å². The van der Waals surface area contributed by atoms with Gasteiger partial charge in [0.2, 0.25) is 21.9 Å². The van der Waals surface area contributed by atoms with Crippen LogP contribution in [0.15, 0.2) is 42.1 Å². The van der Waals surface area contributed by atoms with E-state index in [0.29, 0.717) is 10.4 Å². The van der Waals surface area contributed by atoms with Gasteiger partial charge in [0.25, 0.3) is 5.91 Å². The van der Waals surface area contributed by atoms with Crippen LogP contribution in [0.1, 0.15) is 16.8 Å². The van der Waals surface area contributed by atoms with Gasteiger partial charge >= 0.3 is 0 Å². The molecule has 0 saturated heterocycles. The molecule has 1 aromatic heterocycles. The van der Waals surface area contributed by atoms with Crippen molar-refractivity contribution in [3.05, 3.63) is 59.3 Å². The monoisotopic (exact) mass is 396 g/mol. The Labute approximate surface area is 152 Å². The molecule has 0 amide bonds. The van der Waals surface area contributed by atoms with Gasteiger partial charge in [0.1, 0.15) is 17.2 Å². The lowest BCUT2D eigenvalue weighted by Gasteiger charge is -2.14. The second-order valence-electron chi connectivity index (χ2n) is 5.61. The summed E-state index contributed by atoms with van der Waals surface area (Å²) in [6, 6.07) is 2.99. The Balaban J connectivity index is 1.81. The van der Waals surface area contributed by atoms with E-state index in [2.05, 4.69) is 15.4 Å².